The Morgan fingerprint density at radius 2 is 1.78 bits per heavy atom. The van der Waals surface area contributed by atoms with Crippen LogP contribution in [0.5, 0.6) is 0 Å². The van der Waals surface area contributed by atoms with Crippen LogP contribution in [-0.2, 0) is 4.79 Å². The quantitative estimate of drug-likeness (QED) is 0.759. The maximum Gasteiger partial charge on any atom is 0.312 e. The van der Waals surface area contributed by atoms with Gasteiger partial charge in [0, 0.05) is 5.69 Å². The molecule has 0 fully saturated rings. The Morgan fingerprint density at radius 3 is 2.22 bits per heavy atom. The maximum absolute atomic E-state index is 12.7. The largest absolute Gasteiger partial charge is 0.352 e. The molecule has 0 aliphatic carbocycles. The fourth-order valence-corrected chi connectivity index (χ4v) is 1.44. The van der Waals surface area contributed by atoms with E-state index >= 15 is 0 Å². The van der Waals surface area contributed by atoms with Crippen molar-refractivity contribution in [2.45, 2.75) is 19.9 Å². The van der Waals surface area contributed by atoms with E-state index < -0.39 is 18.0 Å². The zero-order valence-electron chi connectivity index (χ0n) is 10.2. The summed E-state index contributed by atoms with van der Waals surface area (Å²) >= 11 is 0. The molecule has 0 spiro atoms. The fraction of sp³-hybridized carbons (Fsp3) is 0.333. The van der Waals surface area contributed by atoms with Crippen LogP contribution >= 0.6 is 0 Å². The highest BCUT2D eigenvalue weighted by Crippen LogP contribution is 2.10. The Morgan fingerprint density at radius 1 is 1.22 bits per heavy atom. The molecule has 6 heteroatoms. The molecule has 98 valence electrons. The Bertz CT molecular complexity index is 431. The van der Waals surface area contributed by atoms with Gasteiger partial charge >= 0.3 is 6.03 Å². The molecule has 0 saturated carbocycles. The summed E-state index contributed by atoms with van der Waals surface area (Å²) in [5.74, 6) is -0.892. The minimum Gasteiger partial charge on any atom is -0.352 e. The Balaban J connectivity index is 2.72. The summed E-state index contributed by atoms with van der Waals surface area (Å²) < 4.78 is 12.7. The van der Waals surface area contributed by atoms with Crippen LogP contribution in [0.25, 0.3) is 0 Å². The van der Waals surface area contributed by atoms with Gasteiger partial charge in [0.05, 0.1) is 0 Å². The van der Waals surface area contributed by atoms with Crippen LogP contribution in [0.3, 0.4) is 0 Å². The monoisotopic (exact) mass is 253 g/mol. The van der Waals surface area contributed by atoms with Crippen LogP contribution in [0.2, 0.25) is 0 Å². The minimum atomic E-state index is -0.761. The molecule has 5 nitrogen and oxygen atoms in total. The molecule has 0 aliphatic rings. The third kappa shape index (κ3) is 4.04. The van der Waals surface area contributed by atoms with E-state index in [4.69, 9.17) is 5.73 Å². The average Bonchev–Trinajstić information content (AvgIpc) is 2.28. The summed E-state index contributed by atoms with van der Waals surface area (Å²) in [6.07, 6.45) is 0. The highest BCUT2D eigenvalue weighted by Gasteiger charge is 2.23. The Labute approximate surface area is 105 Å². The van der Waals surface area contributed by atoms with Crippen molar-refractivity contribution in [1.82, 2.24) is 5.32 Å². The van der Waals surface area contributed by atoms with Gasteiger partial charge in [-0.3, -0.25) is 4.79 Å². The molecule has 0 heterocycles. The number of carbonyl (C=O) groups is 2. The molecule has 0 saturated heterocycles. The molecule has 18 heavy (non-hydrogen) atoms. The molecular formula is C12H16FN3O2. The smallest absolute Gasteiger partial charge is 0.312 e. The van der Waals surface area contributed by atoms with Crippen molar-refractivity contribution in [2.75, 3.05) is 5.32 Å². The first-order valence-electron chi connectivity index (χ1n) is 5.52. The number of hydrogen-bond acceptors (Lipinski definition) is 2. The van der Waals surface area contributed by atoms with Gasteiger partial charge in [-0.15, -0.1) is 0 Å². The minimum absolute atomic E-state index is 0.113. The number of urea groups is 1. The number of anilines is 1. The van der Waals surface area contributed by atoms with E-state index in [1.807, 2.05) is 0 Å². The van der Waals surface area contributed by atoms with E-state index in [2.05, 4.69) is 10.6 Å². The Hall–Kier alpha value is -2.11. The van der Waals surface area contributed by atoms with E-state index in [9.17, 15) is 14.0 Å². The number of benzene rings is 1. The molecule has 4 N–H and O–H groups in total. The summed E-state index contributed by atoms with van der Waals surface area (Å²) in [6, 6.07) is 3.86. The zero-order valence-corrected chi connectivity index (χ0v) is 10.2. The maximum atomic E-state index is 12.7. The third-order valence-corrected chi connectivity index (χ3v) is 2.36. The molecule has 0 radical (unpaired) electrons. The predicted molar refractivity (Wildman–Crippen MR) is 66.4 cm³/mol. The molecule has 1 atom stereocenters. The van der Waals surface area contributed by atoms with Crippen LogP contribution < -0.4 is 16.4 Å². The summed E-state index contributed by atoms with van der Waals surface area (Å²) in [5.41, 5.74) is 5.46. The first kappa shape index (κ1) is 14.0. The summed E-state index contributed by atoms with van der Waals surface area (Å²) in [7, 11) is 0. The third-order valence-electron chi connectivity index (χ3n) is 2.36. The van der Waals surface area contributed by atoms with Gasteiger partial charge in [-0.05, 0) is 30.2 Å². The average molecular weight is 253 g/mol. The predicted octanol–water partition coefficient (Wildman–Crippen LogP) is 1.46. The summed E-state index contributed by atoms with van der Waals surface area (Å²) in [6.45, 7) is 3.57. The van der Waals surface area contributed by atoms with Gasteiger partial charge in [0.25, 0.3) is 0 Å². The molecule has 0 bridgehead atoms. The highest BCUT2D eigenvalue weighted by molar-refractivity contribution is 5.97. The molecule has 0 aliphatic heterocycles. The van der Waals surface area contributed by atoms with Crippen molar-refractivity contribution in [3.8, 4) is 0 Å². The van der Waals surface area contributed by atoms with Crippen LogP contribution in [0, 0.1) is 11.7 Å². The number of rotatable bonds is 4. The molecule has 1 aromatic rings. The standard InChI is InChI=1S/C12H16FN3O2/c1-7(2)10(16-12(14)18)11(17)15-9-5-3-8(13)4-6-9/h3-7,10H,1-2H3,(H,15,17)(H3,14,16,18)/t10-/m0/s1. The van der Waals surface area contributed by atoms with E-state index in [1.165, 1.54) is 24.3 Å². The van der Waals surface area contributed by atoms with Crippen molar-refractivity contribution < 1.29 is 14.0 Å². The van der Waals surface area contributed by atoms with Crippen molar-refractivity contribution in [3.05, 3.63) is 30.1 Å². The summed E-state index contributed by atoms with van der Waals surface area (Å²) in [5, 5.41) is 4.94. The van der Waals surface area contributed by atoms with Gasteiger partial charge < -0.3 is 16.4 Å². The van der Waals surface area contributed by atoms with Gasteiger partial charge in [-0.25, -0.2) is 9.18 Å². The number of carbonyl (C=O) groups excluding carboxylic acids is 2. The van der Waals surface area contributed by atoms with Gasteiger partial charge in [-0.2, -0.15) is 0 Å². The fourth-order valence-electron chi connectivity index (χ4n) is 1.44. The number of primary amides is 1. The molecule has 3 amide bonds. The van der Waals surface area contributed by atoms with Gasteiger partial charge in [0.2, 0.25) is 5.91 Å². The SMILES string of the molecule is CC(C)[C@H](NC(N)=O)C(=O)Nc1ccc(F)cc1. The van der Waals surface area contributed by atoms with Crippen molar-refractivity contribution in [3.63, 3.8) is 0 Å². The zero-order chi connectivity index (χ0) is 13.7. The number of amides is 3. The van der Waals surface area contributed by atoms with Crippen LogP contribution in [0.4, 0.5) is 14.9 Å². The second-order valence-corrected chi connectivity index (χ2v) is 4.23. The number of hydrogen-bond donors (Lipinski definition) is 3. The first-order valence-corrected chi connectivity index (χ1v) is 5.52. The van der Waals surface area contributed by atoms with Gasteiger partial charge in [-0.1, -0.05) is 13.8 Å². The second kappa shape index (κ2) is 6.00. The molecular weight excluding hydrogens is 237 g/mol. The first-order chi connectivity index (χ1) is 8.40. The van der Waals surface area contributed by atoms with E-state index in [-0.39, 0.29) is 11.7 Å². The topological polar surface area (TPSA) is 84.2 Å². The normalized spacial score (nSPS) is 12.0. The highest BCUT2D eigenvalue weighted by atomic mass is 19.1. The lowest BCUT2D eigenvalue weighted by Crippen LogP contribution is -2.49. The lowest BCUT2D eigenvalue weighted by Gasteiger charge is -2.20. The van der Waals surface area contributed by atoms with E-state index in [0.717, 1.165) is 0 Å². The van der Waals surface area contributed by atoms with E-state index in [0.29, 0.717) is 5.69 Å². The lowest BCUT2D eigenvalue weighted by molar-refractivity contribution is -0.118. The van der Waals surface area contributed by atoms with Crippen molar-refractivity contribution in [1.29, 1.82) is 0 Å². The molecule has 0 unspecified atom stereocenters. The van der Waals surface area contributed by atoms with Crippen LogP contribution in [0.15, 0.2) is 24.3 Å². The summed E-state index contributed by atoms with van der Waals surface area (Å²) in [4.78, 5) is 22.7. The van der Waals surface area contributed by atoms with Crippen LogP contribution in [-0.4, -0.2) is 18.0 Å². The molecule has 1 rings (SSSR count). The van der Waals surface area contributed by atoms with E-state index in [1.54, 1.807) is 13.8 Å². The lowest BCUT2D eigenvalue weighted by atomic mass is 10.0. The van der Waals surface area contributed by atoms with Crippen molar-refractivity contribution >= 4 is 17.6 Å². The van der Waals surface area contributed by atoms with Crippen LogP contribution in [0.1, 0.15) is 13.8 Å². The second-order valence-electron chi connectivity index (χ2n) is 4.23. The van der Waals surface area contributed by atoms with Gasteiger partial charge in [0.1, 0.15) is 11.9 Å². The number of halogens is 1. The molecule has 0 aromatic heterocycles. The Kier molecular flexibility index (Phi) is 4.65. The van der Waals surface area contributed by atoms with Gasteiger partial charge in [0.15, 0.2) is 0 Å². The number of nitrogens with two attached hydrogens (primary N) is 1. The number of nitrogens with one attached hydrogen (secondary N) is 2. The van der Waals surface area contributed by atoms with Crippen molar-refractivity contribution in [2.24, 2.45) is 11.7 Å². The molecule has 1 aromatic carbocycles.